The molecule has 32 heavy (non-hydrogen) atoms. The van der Waals surface area contributed by atoms with Gasteiger partial charge in [-0.3, -0.25) is 19.3 Å². The van der Waals surface area contributed by atoms with Gasteiger partial charge in [0.15, 0.2) is 0 Å². The highest BCUT2D eigenvalue weighted by atomic mass is 19.4. The fourth-order valence-electron chi connectivity index (χ4n) is 3.75. The minimum absolute atomic E-state index is 0.247. The number of β-lactam (4-membered cyclic amide) rings is 1. The fourth-order valence-corrected chi connectivity index (χ4v) is 3.75. The van der Waals surface area contributed by atoms with Crippen LogP contribution in [0.1, 0.15) is 44.1 Å². The predicted molar refractivity (Wildman–Crippen MR) is 109 cm³/mol. The van der Waals surface area contributed by atoms with Gasteiger partial charge in [-0.05, 0) is 43.4 Å². The summed E-state index contributed by atoms with van der Waals surface area (Å²) in [4.78, 5) is 44.1. The number of nitrogens with one attached hydrogen (secondary N) is 2. The molecule has 0 spiro atoms. The van der Waals surface area contributed by atoms with Gasteiger partial charge in [0.25, 0.3) is 5.91 Å². The molecule has 4 amide bonds. The molecule has 2 aliphatic rings. The summed E-state index contributed by atoms with van der Waals surface area (Å²) in [7, 11) is 1.17. The quantitative estimate of drug-likeness (QED) is 0.469. The summed E-state index contributed by atoms with van der Waals surface area (Å²) >= 11 is 0. The molecule has 9 nitrogen and oxygen atoms in total. The number of hydrogen-bond donors (Lipinski definition) is 3. The number of halogens is 3. The number of aromatic nitrogens is 1. The van der Waals surface area contributed by atoms with Crippen LogP contribution in [-0.4, -0.2) is 53.1 Å². The Hall–Kier alpha value is -2.89. The minimum Gasteiger partial charge on any atom is -0.384 e. The molecule has 1 aromatic heterocycles. The van der Waals surface area contributed by atoms with Gasteiger partial charge in [-0.1, -0.05) is 19.3 Å². The summed E-state index contributed by atoms with van der Waals surface area (Å²) in [6, 6.07) is -0.631. The molecular weight excluding hydrogens is 431 g/mol. The van der Waals surface area contributed by atoms with Gasteiger partial charge in [0.2, 0.25) is 5.91 Å². The van der Waals surface area contributed by atoms with E-state index in [4.69, 9.17) is 5.73 Å². The van der Waals surface area contributed by atoms with Gasteiger partial charge in [-0.15, -0.1) is 0 Å². The lowest BCUT2D eigenvalue weighted by atomic mass is 9.83. The van der Waals surface area contributed by atoms with Crippen LogP contribution in [0.3, 0.4) is 0 Å². The van der Waals surface area contributed by atoms with E-state index in [-0.39, 0.29) is 6.42 Å². The lowest BCUT2D eigenvalue weighted by Crippen LogP contribution is -2.66. The molecule has 2 fully saturated rings. The van der Waals surface area contributed by atoms with E-state index in [9.17, 15) is 27.6 Å². The molecule has 1 saturated heterocycles. The highest BCUT2D eigenvalue weighted by Crippen LogP contribution is 2.35. The van der Waals surface area contributed by atoms with Gasteiger partial charge >= 0.3 is 12.2 Å². The topological polar surface area (TPSA) is 127 Å². The number of urea groups is 1. The highest BCUT2D eigenvalue weighted by molar-refractivity contribution is 6.07. The van der Waals surface area contributed by atoms with Crippen molar-refractivity contribution in [3.8, 4) is 0 Å². The van der Waals surface area contributed by atoms with Crippen molar-refractivity contribution in [3.05, 3.63) is 23.9 Å². The van der Waals surface area contributed by atoms with Gasteiger partial charge in [-0.2, -0.15) is 13.2 Å². The molecule has 0 aromatic carbocycles. The van der Waals surface area contributed by atoms with E-state index >= 15 is 0 Å². The number of imide groups is 1. The van der Waals surface area contributed by atoms with Crippen molar-refractivity contribution in [2.75, 3.05) is 12.8 Å². The predicted octanol–water partition coefficient (Wildman–Crippen LogP) is 2.46. The normalized spacial score (nSPS) is 19.8. The Morgan fingerprint density at radius 3 is 2.41 bits per heavy atom. The van der Waals surface area contributed by atoms with Crippen LogP contribution in [0.5, 0.6) is 0 Å². The third-order valence-electron chi connectivity index (χ3n) is 5.36. The summed E-state index contributed by atoms with van der Waals surface area (Å²) in [6.07, 6.45) is -0.205. The zero-order valence-corrected chi connectivity index (χ0v) is 17.9. The Morgan fingerprint density at radius 1 is 1.28 bits per heavy atom. The summed E-state index contributed by atoms with van der Waals surface area (Å²) in [6.45, 7) is 1.98. The van der Waals surface area contributed by atoms with Crippen molar-refractivity contribution in [3.63, 3.8) is 0 Å². The van der Waals surface area contributed by atoms with Gasteiger partial charge in [-0.25, -0.2) is 15.3 Å². The fraction of sp³-hybridized carbons (Fsp3) is 0.600. The molecule has 1 unspecified atom stereocenters. The largest absolute Gasteiger partial charge is 0.408 e. The zero-order chi connectivity index (χ0) is 23.9. The molecule has 0 radical (unpaired) electrons. The first-order chi connectivity index (χ1) is 15.0. The van der Waals surface area contributed by atoms with Crippen molar-refractivity contribution >= 4 is 23.7 Å². The maximum Gasteiger partial charge on any atom is 0.408 e. The number of anilines is 1. The molecule has 0 bridgehead atoms. The van der Waals surface area contributed by atoms with Gasteiger partial charge < -0.3 is 11.1 Å². The number of pyridine rings is 1. The lowest BCUT2D eigenvalue weighted by molar-refractivity contribution is -0.169. The number of hydrogen-bond acceptors (Lipinski definition) is 6. The number of carbonyl (C=O) groups excluding carboxylic acids is 3. The summed E-state index contributed by atoms with van der Waals surface area (Å²) in [5.74, 6) is -1.59. The van der Waals surface area contributed by atoms with Crippen LogP contribution in [0.4, 0.5) is 23.8 Å². The van der Waals surface area contributed by atoms with Crippen molar-refractivity contribution in [1.82, 2.24) is 20.7 Å². The monoisotopic (exact) mass is 459 g/mol. The number of likely N-dealkylation sites (tertiary alicyclic amines) is 1. The van der Waals surface area contributed by atoms with Crippen molar-refractivity contribution in [2.24, 2.45) is 5.92 Å². The smallest absolute Gasteiger partial charge is 0.384 e. The average molecular weight is 459 g/mol. The van der Waals surface area contributed by atoms with Crippen molar-refractivity contribution < 1.29 is 32.4 Å². The summed E-state index contributed by atoms with van der Waals surface area (Å²) < 4.78 is 39.9. The molecule has 12 heteroatoms. The number of nitrogen functional groups attached to an aromatic ring is 1. The first kappa shape index (κ1) is 25.4. The van der Waals surface area contributed by atoms with Crippen molar-refractivity contribution in [1.29, 1.82) is 0 Å². The number of hydroxylamine groups is 1. The van der Waals surface area contributed by atoms with Crippen LogP contribution in [0.2, 0.25) is 0 Å². The lowest BCUT2D eigenvalue weighted by Gasteiger charge is -2.39. The van der Waals surface area contributed by atoms with E-state index in [1.807, 2.05) is 29.9 Å². The second kappa shape index (κ2) is 11.1. The van der Waals surface area contributed by atoms with Crippen molar-refractivity contribution in [2.45, 2.75) is 63.7 Å². The SMILES string of the molecule is CONC(=O)[C@@H]1CC(=O)N1C(=O)NC(C1CCCCC1)C(F)(F)F.Cc1ccnc(N)c1. The van der Waals surface area contributed by atoms with E-state index in [1.165, 1.54) is 7.11 Å². The number of nitrogens with zero attached hydrogens (tertiary/aromatic N) is 2. The van der Waals surface area contributed by atoms with Gasteiger partial charge in [0.1, 0.15) is 17.9 Å². The molecule has 2 atom stereocenters. The van der Waals surface area contributed by atoms with Crippen LogP contribution in [-0.2, 0) is 14.4 Å². The van der Waals surface area contributed by atoms with Crippen LogP contribution in [0.15, 0.2) is 18.3 Å². The molecule has 1 saturated carbocycles. The Kier molecular flexibility index (Phi) is 8.81. The molecule has 1 aliphatic heterocycles. The highest BCUT2D eigenvalue weighted by Gasteiger charge is 2.50. The van der Waals surface area contributed by atoms with Gasteiger partial charge in [0, 0.05) is 6.20 Å². The van der Waals surface area contributed by atoms with Crippen LogP contribution in [0, 0.1) is 12.8 Å². The Balaban J connectivity index is 0.000000380. The Morgan fingerprint density at radius 2 is 1.94 bits per heavy atom. The molecule has 3 rings (SSSR count). The molecule has 2 heterocycles. The second-order valence-corrected chi connectivity index (χ2v) is 7.78. The average Bonchev–Trinajstić information content (AvgIpc) is 2.70. The van der Waals surface area contributed by atoms with Crippen LogP contribution in [0.25, 0.3) is 0 Å². The van der Waals surface area contributed by atoms with E-state index < -0.39 is 42.0 Å². The second-order valence-electron chi connectivity index (χ2n) is 7.78. The Bertz CT molecular complexity index is 797. The summed E-state index contributed by atoms with van der Waals surface area (Å²) in [5, 5.41) is 1.91. The number of rotatable bonds is 4. The maximum absolute atomic E-state index is 13.3. The first-order valence-electron chi connectivity index (χ1n) is 10.2. The number of amides is 4. The summed E-state index contributed by atoms with van der Waals surface area (Å²) in [5.41, 5.74) is 8.46. The minimum atomic E-state index is -4.62. The van der Waals surface area contributed by atoms with E-state index in [0.717, 1.165) is 12.0 Å². The Labute approximate surface area is 183 Å². The molecule has 1 aromatic rings. The first-order valence-corrected chi connectivity index (χ1v) is 10.2. The van der Waals surface area contributed by atoms with E-state index in [2.05, 4.69) is 9.82 Å². The third-order valence-corrected chi connectivity index (χ3v) is 5.36. The number of nitrogens with two attached hydrogens (primary N) is 1. The molecule has 178 valence electrons. The zero-order valence-electron chi connectivity index (χ0n) is 17.9. The van der Waals surface area contributed by atoms with Gasteiger partial charge in [0.05, 0.1) is 13.5 Å². The molecule has 1 aliphatic carbocycles. The molecule has 4 N–H and O–H groups in total. The van der Waals surface area contributed by atoms with E-state index in [1.54, 1.807) is 6.20 Å². The standard InChI is InChI=1S/C14H20F3N3O4.C6H8N2/c1-24-19-12(22)9-7-10(21)20(9)13(23)18-11(14(15,16)17)8-5-3-2-4-6-8;1-5-2-3-8-6(7)4-5/h8-9,11H,2-7H2,1H3,(H,18,23)(H,19,22);2-4H,1H3,(H2,7,8)/t9-,11?;/m0./s1. The van der Waals surface area contributed by atoms with E-state index in [0.29, 0.717) is 36.4 Å². The number of alkyl halides is 3. The third kappa shape index (κ3) is 6.81. The number of aryl methyl sites for hydroxylation is 1. The van der Waals surface area contributed by atoms with Crippen LogP contribution < -0.4 is 16.5 Å². The van der Waals surface area contributed by atoms with Crippen LogP contribution >= 0.6 is 0 Å². The number of carbonyl (C=O) groups is 3. The molecular formula is C20H28F3N5O4. The maximum atomic E-state index is 13.3.